The number of aliphatic carboxylic acids is 1. The molecule has 0 unspecified atom stereocenters. The fraction of sp³-hybridized carbons (Fsp3) is 0.500. The van der Waals surface area contributed by atoms with Crippen molar-refractivity contribution in [2.24, 2.45) is 11.8 Å². The molecule has 0 saturated carbocycles. The highest BCUT2D eigenvalue weighted by molar-refractivity contribution is 5.89. The number of anilines is 1. The van der Waals surface area contributed by atoms with Crippen LogP contribution in [0.1, 0.15) is 5.82 Å². The number of halogens is 3. The minimum absolute atomic E-state index is 0.139. The molecule has 1 saturated heterocycles. The van der Waals surface area contributed by atoms with Gasteiger partial charge in [0, 0.05) is 19.3 Å². The molecular formula is C12H13F3N4O3. The van der Waals surface area contributed by atoms with Gasteiger partial charge in [-0.25, -0.2) is 14.8 Å². The number of urea groups is 1. The van der Waals surface area contributed by atoms with E-state index in [4.69, 9.17) is 5.11 Å². The number of rotatable bonds is 2. The molecule has 0 bridgehead atoms. The Hall–Kier alpha value is -2.39. The molecule has 10 heteroatoms. The van der Waals surface area contributed by atoms with E-state index in [0.717, 1.165) is 4.90 Å². The fourth-order valence-corrected chi connectivity index (χ4v) is 2.27. The maximum absolute atomic E-state index is 12.8. The number of nitrogens with one attached hydrogen (secondary N) is 1. The number of alkyl halides is 3. The summed E-state index contributed by atoms with van der Waals surface area (Å²) < 4.78 is 38.5. The van der Waals surface area contributed by atoms with E-state index in [1.807, 2.05) is 0 Å². The van der Waals surface area contributed by atoms with Crippen LogP contribution in [0.2, 0.25) is 0 Å². The first-order chi connectivity index (χ1) is 10.2. The summed E-state index contributed by atoms with van der Waals surface area (Å²) in [4.78, 5) is 31.5. The number of likely N-dealkylation sites (tertiary alicyclic amines) is 1. The lowest BCUT2D eigenvalue weighted by molar-refractivity contribution is -0.187. The standard InChI is InChI=1S/C12H13F3N4O3/c1-6-16-3-2-9(17-6)18-11(22)19-4-7(10(20)21)8(5-19)12(13,14)15/h2-3,7-8H,4-5H2,1H3,(H,20,21)(H,16,17,18,22)/t7-,8-/m1/s1. The minimum Gasteiger partial charge on any atom is -0.481 e. The Bertz CT molecular complexity index is 593. The Balaban J connectivity index is 2.10. The van der Waals surface area contributed by atoms with Crippen molar-refractivity contribution in [2.45, 2.75) is 13.1 Å². The van der Waals surface area contributed by atoms with Gasteiger partial charge in [0.1, 0.15) is 11.6 Å². The molecule has 7 nitrogen and oxygen atoms in total. The van der Waals surface area contributed by atoms with Gasteiger partial charge in [0.15, 0.2) is 0 Å². The highest BCUT2D eigenvalue weighted by atomic mass is 19.4. The smallest absolute Gasteiger partial charge is 0.394 e. The number of nitrogens with zero attached hydrogens (tertiary/aromatic N) is 3. The molecule has 0 radical (unpaired) electrons. The lowest BCUT2D eigenvalue weighted by Gasteiger charge is -2.18. The van der Waals surface area contributed by atoms with E-state index in [1.54, 1.807) is 6.92 Å². The zero-order valence-corrected chi connectivity index (χ0v) is 11.5. The zero-order valence-electron chi connectivity index (χ0n) is 11.5. The van der Waals surface area contributed by atoms with E-state index in [-0.39, 0.29) is 5.82 Å². The van der Waals surface area contributed by atoms with Crippen LogP contribution in [0.5, 0.6) is 0 Å². The second-order valence-corrected chi connectivity index (χ2v) is 4.92. The zero-order chi connectivity index (χ0) is 16.5. The van der Waals surface area contributed by atoms with Crippen molar-refractivity contribution < 1.29 is 27.9 Å². The number of aryl methyl sites for hydroxylation is 1. The summed E-state index contributed by atoms with van der Waals surface area (Å²) >= 11 is 0. The molecule has 1 fully saturated rings. The maximum Gasteiger partial charge on any atom is 0.394 e. The Morgan fingerprint density at radius 2 is 2.09 bits per heavy atom. The summed E-state index contributed by atoms with van der Waals surface area (Å²) in [6.45, 7) is 0.386. The number of carboxylic acid groups (broad SMARTS) is 1. The van der Waals surface area contributed by atoms with Gasteiger partial charge in [-0.1, -0.05) is 0 Å². The predicted molar refractivity (Wildman–Crippen MR) is 68.0 cm³/mol. The van der Waals surface area contributed by atoms with E-state index < -0.39 is 43.1 Å². The van der Waals surface area contributed by atoms with E-state index >= 15 is 0 Å². The first-order valence-electron chi connectivity index (χ1n) is 6.33. The van der Waals surface area contributed by atoms with Crippen LogP contribution in [-0.2, 0) is 4.79 Å². The molecule has 0 aromatic carbocycles. The highest BCUT2D eigenvalue weighted by Gasteiger charge is 2.53. The van der Waals surface area contributed by atoms with Crippen molar-refractivity contribution in [3.8, 4) is 0 Å². The number of hydrogen-bond donors (Lipinski definition) is 2. The van der Waals surface area contributed by atoms with Crippen LogP contribution < -0.4 is 5.32 Å². The molecule has 22 heavy (non-hydrogen) atoms. The van der Waals surface area contributed by atoms with Crippen LogP contribution in [0.25, 0.3) is 0 Å². The third-order valence-corrected chi connectivity index (χ3v) is 3.36. The number of carboxylic acids is 1. The summed E-state index contributed by atoms with van der Waals surface area (Å²) in [7, 11) is 0. The van der Waals surface area contributed by atoms with Gasteiger partial charge < -0.3 is 10.0 Å². The molecule has 0 spiro atoms. The van der Waals surface area contributed by atoms with Gasteiger partial charge >= 0.3 is 18.2 Å². The molecule has 0 aliphatic carbocycles. The molecule has 120 valence electrons. The first-order valence-corrected chi connectivity index (χ1v) is 6.33. The molecule has 1 aliphatic rings. The number of hydrogen-bond acceptors (Lipinski definition) is 4. The monoisotopic (exact) mass is 318 g/mol. The third kappa shape index (κ3) is 3.43. The van der Waals surface area contributed by atoms with Gasteiger partial charge in [-0.2, -0.15) is 13.2 Å². The van der Waals surface area contributed by atoms with E-state index in [2.05, 4.69) is 15.3 Å². The van der Waals surface area contributed by atoms with Gasteiger partial charge in [-0.3, -0.25) is 10.1 Å². The van der Waals surface area contributed by atoms with Crippen LogP contribution in [0, 0.1) is 18.8 Å². The van der Waals surface area contributed by atoms with Crippen molar-refractivity contribution in [3.63, 3.8) is 0 Å². The van der Waals surface area contributed by atoms with Crippen LogP contribution in [0.3, 0.4) is 0 Å². The normalized spacial score (nSPS) is 21.7. The van der Waals surface area contributed by atoms with E-state index in [1.165, 1.54) is 12.3 Å². The van der Waals surface area contributed by atoms with Gasteiger partial charge in [0.25, 0.3) is 0 Å². The van der Waals surface area contributed by atoms with Gasteiger partial charge in [-0.05, 0) is 13.0 Å². The summed E-state index contributed by atoms with van der Waals surface area (Å²) in [6, 6.07) is 0.563. The van der Waals surface area contributed by atoms with Crippen molar-refractivity contribution in [2.75, 3.05) is 18.4 Å². The Labute approximate surface area is 123 Å². The van der Waals surface area contributed by atoms with Crippen LogP contribution >= 0.6 is 0 Å². The summed E-state index contributed by atoms with van der Waals surface area (Å²) in [6.07, 6.45) is -3.29. The minimum atomic E-state index is -4.68. The van der Waals surface area contributed by atoms with Crippen LogP contribution in [0.4, 0.5) is 23.8 Å². The second kappa shape index (κ2) is 5.78. The Kier molecular flexibility index (Phi) is 4.20. The van der Waals surface area contributed by atoms with Crippen LogP contribution in [-0.4, -0.2) is 51.2 Å². The van der Waals surface area contributed by atoms with Crippen molar-refractivity contribution in [3.05, 3.63) is 18.1 Å². The van der Waals surface area contributed by atoms with Crippen molar-refractivity contribution >= 4 is 17.8 Å². The molecular weight excluding hydrogens is 305 g/mol. The number of carbonyl (C=O) groups is 2. The van der Waals surface area contributed by atoms with Crippen molar-refractivity contribution in [1.29, 1.82) is 0 Å². The molecule has 1 aliphatic heterocycles. The molecule has 1 aromatic heterocycles. The first kappa shape index (κ1) is 16.0. The Morgan fingerprint density at radius 1 is 1.41 bits per heavy atom. The highest BCUT2D eigenvalue weighted by Crippen LogP contribution is 2.37. The summed E-state index contributed by atoms with van der Waals surface area (Å²) in [5.41, 5.74) is 0. The number of aromatic nitrogens is 2. The molecule has 2 rings (SSSR count). The predicted octanol–water partition coefficient (Wildman–Crippen LogP) is 1.51. The lowest BCUT2D eigenvalue weighted by Crippen LogP contribution is -2.35. The van der Waals surface area contributed by atoms with Gasteiger partial charge in [0.05, 0.1) is 11.8 Å². The second-order valence-electron chi connectivity index (χ2n) is 4.92. The van der Waals surface area contributed by atoms with Crippen molar-refractivity contribution in [1.82, 2.24) is 14.9 Å². The molecule has 2 heterocycles. The average molecular weight is 318 g/mol. The van der Waals surface area contributed by atoms with Gasteiger partial charge in [0.2, 0.25) is 0 Å². The largest absolute Gasteiger partial charge is 0.481 e. The number of amides is 2. The summed E-state index contributed by atoms with van der Waals surface area (Å²) in [5.74, 6) is -4.80. The molecule has 1 aromatic rings. The molecule has 2 N–H and O–H groups in total. The van der Waals surface area contributed by atoms with E-state index in [9.17, 15) is 22.8 Å². The van der Waals surface area contributed by atoms with Crippen LogP contribution in [0.15, 0.2) is 12.3 Å². The Morgan fingerprint density at radius 3 is 2.59 bits per heavy atom. The quantitative estimate of drug-likeness (QED) is 0.862. The molecule has 2 amide bonds. The SMILES string of the molecule is Cc1nccc(NC(=O)N2C[C@@H](C(F)(F)F)[C@H](C(=O)O)C2)n1. The topological polar surface area (TPSA) is 95.4 Å². The average Bonchev–Trinajstić information content (AvgIpc) is 2.83. The van der Waals surface area contributed by atoms with Gasteiger partial charge in [-0.15, -0.1) is 0 Å². The summed E-state index contributed by atoms with van der Waals surface area (Å²) in [5, 5.41) is 11.2. The maximum atomic E-state index is 12.8. The molecule has 2 atom stereocenters. The number of carbonyl (C=O) groups excluding carboxylic acids is 1. The van der Waals surface area contributed by atoms with E-state index in [0.29, 0.717) is 5.82 Å². The third-order valence-electron chi connectivity index (χ3n) is 3.36. The fourth-order valence-electron chi connectivity index (χ4n) is 2.27. The lowest BCUT2D eigenvalue weighted by atomic mass is 9.96.